The van der Waals surface area contributed by atoms with Crippen molar-refractivity contribution >= 4 is 11.9 Å². The molecule has 0 spiro atoms. The van der Waals surface area contributed by atoms with E-state index in [1.165, 1.54) is 0 Å². The fraction of sp³-hybridized carbons (Fsp3) is 0.286. The van der Waals surface area contributed by atoms with Crippen molar-refractivity contribution in [2.24, 2.45) is 0 Å². The Hall–Kier alpha value is -2.70. The number of aromatic nitrogens is 3. The van der Waals surface area contributed by atoms with Crippen LogP contribution in [-0.2, 0) is 24.4 Å². The van der Waals surface area contributed by atoms with Gasteiger partial charge in [-0.25, -0.2) is 4.79 Å². The highest BCUT2D eigenvalue weighted by Crippen LogP contribution is 2.24. The molecule has 0 radical (unpaired) electrons. The van der Waals surface area contributed by atoms with Crippen molar-refractivity contribution in [3.05, 3.63) is 47.3 Å². The summed E-state index contributed by atoms with van der Waals surface area (Å²) in [6, 6.07) is 5.00. The summed E-state index contributed by atoms with van der Waals surface area (Å²) in [4.78, 5) is 24.9. The third-order valence-corrected chi connectivity index (χ3v) is 3.56. The second-order valence-electron chi connectivity index (χ2n) is 4.95. The molecule has 1 amide bonds. The van der Waals surface area contributed by atoms with Gasteiger partial charge in [-0.3, -0.25) is 9.48 Å². The summed E-state index contributed by atoms with van der Waals surface area (Å²) in [5, 5.41) is 16.5. The van der Waals surface area contributed by atoms with Crippen LogP contribution in [0.5, 0.6) is 0 Å². The monoisotopic (exact) mass is 286 g/mol. The topological polar surface area (TPSA) is 88.3 Å². The van der Waals surface area contributed by atoms with E-state index in [0.717, 1.165) is 11.1 Å². The standard InChI is InChI=1S/C14H14N4O3/c19-13(3-5-18-6-4-15-16-18)17-8-11-2-1-10(14(20)21)7-12(11)9-17/h1-2,4,6-7H,3,5,8-9H2,(H,20,21). The van der Waals surface area contributed by atoms with Crippen LogP contribution in [0.4, 0.5) is 0 Å². The maximum Gasteiger partial charge on any atom is 0.335 e. The Morgan fingerprint density at radius 2 is 2.05 bits per heavy atom. The van der Waals surface area contributed by atoms with Gasteiger partial charge in [-0.05, 0) is 23.3 Å². The highest BCUT2D eigenvalue weighted by Gasteiger charge is 2.23. The van der Waals surface area contributed by atoms with Crippen molar-refractivity contribution in [2.45, 2.75) is 26.1 Å². The molecule has 1 aliphatic rings. The predicted molar refractivity (Wildman–Crippen MR) is 72.3 cm³/mol. The maximum absolute atomic E-state index is 12.2. The summed E-state index contributed by atoms with van der Waals surface area (Å²) in [6.07, 6.45) is 3.64. The van der Waals surface area contributed by atoms with E-state index in [4.69, 9.17) is 5.11 Å². The number of nitrogens with zero attached hydrogens (tertiary/aromatic N) is 4. The lowest BCUT2D eigenvalue weighted by atomic mass is 10.1. The van der Waals surface area contributed by atoms with E-state index in [1.807, 2.05) is 0 Å². The first-order valence-electron chi connectivity index (χ1n) is 6.60. The quantitative estimate of drug-likeness (QED) is 0.902. The Balaban J connectivity index is 1.64. The molecule has 108 valence electrons. The van der Waals surface area contributed by atoms with E-state index < -0.39 is 5.97 Å². The molecular weight excluding hydrogens is 272 g/mol. The lowest BCUT2D eigenvalue weighted by Crippen LogP contribution is -2.26. The molecular formula is C14H14N4O3. The average Bonchev–Trinajstić information content (AvgIpc) is 3.12. The van der Waals surface area contributed by atoms with Crippen LogP contribution in [0, 0.1) is 0 Å². The molecule has 1 aliphatic heterocycles. The summed E-state index contributed by atoms with van der Waals surface area (Å²) < 4.78 is 1.61. The first-order valence-corrected chi connectivity index (χ1v) is 6.60. The van der Waals surface area contributed by atoms with Gasteiger partial charge < -0.3 is 10.0 Å². The van der Waals surface area contributed by atoms with Gasteiger partial charge in [-0.15, -0.1) is 5.10 Å². The molecule has 0 saturated heterocycles. The Labute approximate surface area is 120 Å². The lowest BCUT2D eigenvalue weighted by Gasteiger charge is -2.15. The van der Waals surface area contributed by atoms with Gasteiger partial charge in [0, 0.05) is 25.7 Å². The van der Waals surface area contributed by atoms with Crippen LogP contribution < -0.4 is 0 Å². The highest BCUT2D eigenvalue weighted by atomic mass is 16.4. The Bertz CT molecular complexity index is 682. The van der Waals surface area contributed by atoms with Crippen molar-refractivity contribution in [3.63, 3.8) is 0 Å². The van der Waals surface area contributed by atoms with Gasteiger partial charge in [0.2, 0.25) is 5.91 Å². The molecule has 0 saturated carbocycles. The third kappa shape index (κ3) is 2.76. The molecule has 1 aromatic heterocycles. The summed E-state index contributed by atoms with van der Waals surface area (Å²) in [5.41, 5.74) is 2.17. The van der Waals surface area contributed by atoms with Crippen LogP contribution in [0.25, 0.3) is 0 Å². The van der Waals surface area contributed by atoms with Gasteiger partial charge in [0.25, 0.3) is 0 Å². The maximum atomic E-state index is 12.2. The van der Waals surface area contributed by atoms with Crippen molar-refractivity contribution in [1.82, 2.24) is 19.9 Å². The molecule has 2 aromatic rings. The number of aryl methyl sites for hydroxylation is 1. The summed E-state index contributed by atoms with van der Waals surface area (Å²) in [6.45, 7) is 1.49. The van der Waals surface area contributed by atoms with E-state index in [-0.39, 0.29) is 11.5 Å². The van der Waals surface area contributed by atoms with Crippen LogP contribution in [-0.4, -0.2) is 36.9 Å². The van der Waals surface area contributed by atoms with Gasteiger partial charge in [0.15, 0.2) is 0 Å². The SMILES string of the molecule is O=C(O)c1ccc2c(c1)CN(C(=O)CCn1ccnn1)C2. The first kappa shape index (κ1) is 13.3. The Morgan fingerprint density at radius 3 is 2.76 bits per heavy atom. The van der Waals surface area contributed by atoms with Crippen LogP contribution >= 0.6 is 0 Å². The number of hydrogen-bond donors (Lipinski definition) is 1. The zero-order chi connectivity index (χ0) is 14.8. The fourth-order valence-corrected chi connectivity index (χ4v) is 2.42. The van der Waals surface area contributed by atoms with E-state index in [9.17, 15) is 9.59 Å². The predicted octanol–water partition coefficient (Wildman–Crippen LogP) is 0.909. The normalized spacial score (nSPS) is 13.2. The number of fused-ring (bicyclic) bond motifs is 1. The van der Waals surface area contributed by atoms with E-state index in [1.54, 1.807) is 40.2 Å². The van der Waals surface area contributed by atoms with E-state index in [2.05, 4.69) is 10.3 Å². The summed E-state index contributed by atoms with van der Waals surface area (Å²) >= 11 is 0. The summed E-state index contributed by atoms with van der Waals surface area (Å²) in [7, 11) is 0. The molecule has 3 rings (SSSR count). The summed E-state index contributed by atoms with van der Waals surface area (Å²) in [5.74, 6) is -0.924. The minimum Gasteiger partial charge on any atom is -0.478 e. The van der Waals surface area contributed by atoms with Crippen LogP contribution in [0.3, 0.4) is 0 Å². The smallest absolute Gasteiger partial charge is 0.335 e. The lowest BCUT2D eigenvalue weighted by molar-refractivity contribution is -0.132. The average molecular weight is 286 g/mol. The number of carbonyl (C=O) groups is 2. The van der Waals surface area contributed by atoms with Crippen LogP contribution in [0.2, 0.25) is 0 Å². The molecule has 1 N–H and O–H groups in total. The van der Waals surface area contributed by atoms with Crippen LogP contribution in [0.15, 0.2) is 30.6 Å². The van der Waals surface area contributed by atoms with Crippen molar-refractivity contribution in [2.75, 3.05) is 0 Å². The van der Waals surface area contributed by atoms with Crippen LogP contribution in [0.1, 0.15) is 27.9 Å². The van der Waals surface area contributed by atoms with Gasteiger partial charge in [0.05, 0.1) is 18.3 Å². The number of benzene rings is 1. The molecule has 2 heterocycles. The number of amides is 1. The minimum atomic E-state index is -0.950. The van der Waals surface area contributed by atoms with Crippen molar-refractivity contribution < 1.29 is 14.7 Å². The third-order valence-electron chi connectivity index (χ3n) is 3.56. The molecule has 0 aliphatic carbocycles. The Kier molecular flexibility index (Phi) is 3.39. The molecule has 0 unspecified atom stereocenters. The van der Waals surface area contributed by atoms with Crippen molar-refractivity contribution in [3.8, 4) is 0 Å². The number of rotatable bonds is 4. The highest BCUT2D eigenvalue weighted by molar-refractivity contribution is 5.88. The number of hydrogen-bond acceptors (Lipinski definition) is 4. The Morgan fingerprint density at radius 1 is 1.24 bits per heavy atom. The zero-order valence-corrected chi connectivity index (χ0v) is 11.3. The van der Waals surface area contributed by atoms with Gasteiger partial charge >= 0.3 is 5.97 Å². The molecule has 0 bridgehead atoms. The molecule has 21 heavy (non-hydrogen) atoms. The van der Waals surface area contributed by atoms with Gasteiger partial charge in [0.1, 0.15) is 0 Å². The van der Waals surface area contributed by atoms with E-state index in [0.29, 0.717) is 26.1 Å². The molecule has 1 aromatic carbocycles. The zero-order valence-electron chi connectivity index (χ0n) is 11.3. The number of carboxylic acids is 1. The number of aromatic carboxylic acids is 1. The second kappa shape index (κ2) is 5.35. The minimum absolute atomic E-state index is 0.0265. The molecule has 0 atom stereocenters. The van der Waals surface area contributed by atoms with Gasteiger partial charge in [-0.2, -0.15) is 0 Å². The number of carboxylic acid groups (broad SMARTS) is 1. The molecule has 0 fully saturated rings. The second-order valence-corrected chi connectivity index (χ2v) is 4.95. The number of carbonyl (C=O) groups excluding carboxylic acids is 1. The van der Waals surface area contributed by atoms with Gasteiger partial charge in [-0.1, -0.05) is 11.3 Å². The van der Waals surface area contributed by atoms with Crippen molar-refractivity contribution in [1.29, 1.82) is 0 Å². The fourth-order valence-electron chi connectivity index (χ4n) is 2.42. The molecule has 7 heteroatoms. The molecule has 7 nitrogen and oxygen atoms in total. The van der Waals surface area contributed by atoms with E-state index >= 15 is 0 Å². The first-order chi connectivity index (χ1) is 10.1. The largest absolute Gasteiger partial charge is 0.478 e.